The average molecular weight is 793 g/mol. The van der Waals surface area contributed by atoms with Crippen molar-refractivity contribution in [2.75, 3.05) is 19.8 Å². The minimum absolute atomic E-state index is 0.492. The first-order valence-electron chi connectivity index (χ1n) is 23.7. The quantitative estimate of drug-likeness (QED) is 0.0398. The van der Waals surface area contributed by atoms with Gasteiger partial charge in [-0.15, -0.1) is 0 Å². The zero-order valence-corrected chi connectivity index (χ0v) is 38.3. The van der Waals surface area contributed by atoms with E-state index in [0.29, 0.717) is 26.2 Å². The SMILES string of the molecule is CCCCCCCCCCCCCCCCC.CCCCCCCCCC[Si](OCC)(OCC)OCC.FC1CC=Cc2c1ccc1c2ccc2ccccc21. The number of fused-ring (bicyclic) bond motifs is 5. The van der Waals surface area contributed by atoms with Crippen molar-refractivity contribution in [2.24, 2.45) is 0 Å². The van der Waals surface area contributed by atoms with Crippen molar-refractivity contribution in [3.05, 3.63) is 65.7 Å². The maximum absolute atomic E-state index is 14.0. The summed E-state index contributed by atoms with van der Waals surface area (Å²) in [5.41, 5.74) is 1.87. The van der Waals surface area contributed by atoms with Crippen LogP contribution in [0.3, 0.4) is 0 Å². The lowest BCUT2D eigenvalue weighted by molar-refractivity contribution is 0.0706. The molecule has 0 radical (unpaired) electrons. The van der Waals surface area contributed by atoms with Crippen molar-refractivity contribution in [2.45, 2.75) is 208 Å². The minimum Gasteiger partial charge on any atom is -0.374 e. The van der Waals surface area contributed by atoms with Crippen LogP contribution in [-0.4, -0.2) is 28.6 Å². The largest absolute Gasteiger partial charge is 0.500 e. The first kappa shape index (κ1) is 50.1. The minimum atomic E-state index is -2.38. The van der Waals surface area contributed by atoms with Crippen LogP contribution in [0.15, 0.2) is 54.6 Å². The van der Waals surface area contributed by atoms with Crippen LogP contribution in [0, 0.1) is 0 Å². The Hall–Kier alpha value is -2.05. The molecule has 3 nitrogen and oxygen atoms in total. The molecular formula is C51H85FO3Si. The van der Waals surface area contributed by atoms with Crippen molar-refractivity contribution in [3.8, 4) is 0 Å². The lowest BCUT2D eigenvalue weighted by Crippen LogP contribution is -2.45. The maximum atomic E-state index is 14.0. The third-order valence-corrected chi connectivity index (χ3v) is 14.3. The third-order valence-electron chi connectivity index (χ3n) is 11.1. The molecule has 3 aromatic carbocycles. The van der Waals surface area contributed by atoms with Crippen LogP contribution in [0.2, 0.25) is 6.04 Å². The van der Waals surface area contributed by atoms with Crippen LogP contribution >= 0.6 is 0 Å². The van der Waals surface area contributed by atoms with Crippen molar-refractivity contribution >= 4 is 36.4 Å². The van der Waals surface area contributed by atoms with Gasteiger partial charge in [-0.1, -0.05) is 223 Å². The second kappa shape index (κ2) is 32.9. The molecule has 1 atom stereocenters. The molecule has 318 valence electrons. The molecule has 0 saturated heterocycles. The molecule has 0 fully saturated rings. The van der Waals surface area contributed by atoms with E-state index in [1.165, 1.54) is 164 Å². The van der Waals surface area contributed by atoms with Gasteiger partial charge in [0.25, 0.3) is 0 Å². The summed E-state index contributed by atoms with van der Waals surface area (Å²) >= 11 is 0. The number of rotatable bonds is 29. The van der Waals surface area contributed by atoms with Crippen LogP contribution < -0.4 is 0 Å². The molecule has 0 saturated carbocycles. The summed E-state index contributed by atoms with van der Waals surface area (Å²) in [4.78, 5) is 0. The summed E-state index contributed by atoms with van der Waals surface area (Å²) in [6.45, 7) is 15.0. The van der Waals surface area contributed by atoms with Crippen molar-refractivity contribution in [3.63, 3.8) is 0 Å². The van der Waals surface area contributed by atoms with Gasteiger partial charge >= 0.3 is 8.80 Å². The summed E-state index contributed by atoms with van der Waals surface area (Å²) < 4.78 is 31.6. The summed E-state index contributed by atoms with van der Waals surface area (Å²) in [6, 6.07) is 17.5. The fourth-order valence-corrected chi connectivity index (χ4v) is 10.6. The molecule has 0 N–H and O–H groups in total. The van der Waals surface area contributed by atoms with Crippen molar-refractivity contribution in [1.82, 2.24) is 0 Å². The van der Waals surface area contributed by atoms with Crippen LogP contribution in [0.5, 0.6) is 0 Å². The van der Waals surface area contributed by atoms with Gasteiger partial charge in [0.2, 0.25) is 0 Å². The van der Waals surface area contributed by atoms with Gasteiger partial charge in [-0.2, -0.15) is 0 Å². The van der Waals surface area contributed by atoms with Gasteiger partial charge in [0.05, 0.1) is 0 Å². The Bertz CT molecular complexity index is 1380. The first-order valence-corrected chi connectivity index (χ1v) is 25.6. The predicted molar refractivity (Wildman–Crippen MR) is 248 cm³/mol. The van der Waals surface area contributed by atoms with Gasteiger partial charge in [-0.05, 0) is 59.9 Å². The van der Waals surface area contributed by atoms with Crippen molar-refractivity contribution in [1.29, 1.82) is 0 Å². The average Bonchev–Trinajstić information content (AvgIpc) is 3.21. The zero-order valence-electron chi connectivity index (χ0n) is 37.3. The van der Waals surface area contributed by atoms with E-state index in [9.17, 15) is 4.39 Å². The van der Waals surface area contributed by atoms with E-state index in [2.05, 4.69) is 63.2 Å². The smallest absolute Gasteiger partial charge is 0.374 e. The number of unbranched alkanes of at least 4 members (excludes halogenated alkanes) is 21. The second-order valence-corrected chi connectivity index (χ2v) is 18.6. The zero-order chi connectivity index (χ0) is 40.5. The number of halogens is 1. The summed E-state index contributed by atoms with van der Waals surface area (Å²) in [7, 11) is -2.38. The molecule has 1 aliphatic carbocycles. The van der Waals surface area contributed by atoms with Gasteiger partial charge in [-0.25, -0.2) is 4.39 Å². The Morgan fingerprint density at radius 2 is 0.911 bits per heavy atom. The first-order chi connectivity index (χ1) is 27.5. The van der Waals surface area contributed by atoms with E-state index < -0.39 is 15.0 Å². The molecule has 1 unspecified atom stereocenters. The summed E-state index contributed by atoms with van der Waals surface area (Å²) in [5.74, 6) is 0. The monoisotopic (exact) mass is 793 g/mol. The van der Waals surface area contributed by atoms with E-state index in [4.69, 9.17) is 13.3 Å². The number of hydrogen-bond acceptors (Lipinski definition) is 3. The van der Waals surface area contributed by atoms with Crippen LogP contribution in [0.1, 0.15) is 213 Å². The predicted octanol–water partition coefficient (Wildman–Crippen LogP) is 17.5. The van der Waals surface area contributed by atoms with E-state index in [1.807, 2.05) is 39.0 Å². The summed E-state index contributed by atoms with van der Waals surface area (Å²) in [5, 5.41) is 4.81. The fourth-order valence-electron chi connectivity index (χ4n) is 7.94. The highest BCUT2D eigenvalue weighted by Crippen LogP contribution is 2.37. The van der Waals surface area contributed by atoms with Crippen LogP contribution in [-0.2, 0) is 13.3 Å². The van der Waals surface area contributed by atoms with E-state index in [-0.39, 0.29) is 0 Å². The highest BCUT2D eigenvalue weighted by molar-refractivity contribution is 6.60. The van der Waals surface area contributed by atoms with Gasteiger partial charge in [0.1, 0.15) is 6.17 Å². The molecule has 0 amide bonds. The van der Waals surface area contributed by atoms with Gasteiger partial charge in [-0.3, -0.25) is 0 Å². The molecule has 3 aromatic rings. The Morgan fingerprint density at radius 3 is 1.38 bits per heavy atom. The van der Waals surface area contributed by atoms with Gasteiger partial charge in [0.15, 0.2) is 0 Å². The molecule has 1 aliphatic rings. The number of alkyl halides is 1. The van der Waals surface area contributed by atoms with Gasteiger partial charge < -0.3 is 13.3 Å². The lowest BCUT2D eigenvalue weighted by atomic mass is 9.89. The normalized spacial score (nSPS) is 13.7. The van der Waals surface area contributed by atoms with Crippen LogP contribution in [0.25, 0.3) is 27.6 Å². The molecule has 0 aliphatic heterocycles. The number of hydrogen-bond donors (Lipinski definition) is 0. The molecule has 0 bridgehead atoms. The topological polar surface area (TPSA) is 27.7 Å². The van der Waals surface area contributed by atoms with Gasteiger partial charge in [0, 0.05) is 32.3 Å². The van der Waals surface area contributed by atoms with E-state index in [0.717, 1.165) is 22.6 Å². The maximum Gasteiger partial charge on any atom is 0.500 e. The fraction of sp³-hybridized carbons (Fsp3) is 0.686. The Morgan fingerprint density at radius 1 is 0.482 bits per heavy atom. The molecule has 4 rings (SSSR count). The Kier molecular flexibility index (Phi) is 29.4. The molecule has 0 aromatic heterocycles. The third kappa shape index (κ3) is 20.1. The van der Waals surface area contributed by atoms with Crippen LogP contribution in [0.4, 0.5) is 4.39 Å². The highest BCUT2D eigenvalue weighted by Gasteiger charge is 2.39. The molecule has 0 spiro atoms. The number of benzene rings is 3. The Balaban J connectivity index is 0.000000291. The second-order valence-electron chi connectivity index (χ2n) is 15.9. The van der Waals surface area contributed by atoms with Crippen molar-refractivity contribution < 1.29 is 17.7 Å². The molecule has 5 heteroatoms. The molecular weight excluding hydrogens is 708 g/mol. The number of allylic oxidation sites excluding steroid dienone is 1. The van der Waals surface area contributed by atoms with E-state index in [1.54, 1.807) is 0 Å². The standard InChI is InChI=1S/C18H13F.C17H36.C16H36O3Si/c19-18-7-3-6-14-16-9-8-12-4-1-2-5-13(12)15(16)10-11-17(14)18;1-3-5-7-9-11-13-15-17-16-14-12-10-8-6-4-2;1-5-9-10-11-12-13-14-15-16-20(17-6-2,18-7-3)19-8-4/h1-6,8-11,18H,7H2;3-17H2,1-2H3;5-16H2,1-4H3. The van der Waals surface area contributed by atoms with E-state index >= 15 is 0 Å². The summed E-state index contributed by atoms with van der Waals surface area (Å²) in [6.07, 6.45) is 36.2. The Labute approximate surface area is 346 Å². The molecule has 56 heavy (non-hydrogen) atoms. The lowest BCUT2D eigenvalue weighted by Gasteiger charge is -2.28. The highest BCUT2D eigenvalue weighted by atomic mass is 28.4. The molecule has 0 heterocycles.